The number of carbonyl (C=O) groups is 4. The minimum Gasteiger partial charge on any atom is -0.332 e. The zero-order valence-corrected chi connectivity index (χ0v) is 15.4. The van der Waals surface area contributed by atoms with Gasteiger partial charge in [-0.25, -0.2) is 4.79 Å². The van der Waals surface area contributed by atoms with Crippen molar-refractivity contribution < 1.29 is 31.8 Å². The van der Waals surface area contributed by atoms with Crippen LogP contribution in [0.4, 0.5) is 4.79 Å². The van der Waals surface area contributed by atoms with Crippen molar-refractivity contribution in [3.8, 4) is 0 Å². The monoisotopic (exact) mass is 405 g/mol. The Morgan fingerprint density at radius 2 is 1.85 bits per heavy atom. The Bertz CT molecular complexity index is 723. The maximum absolute atomic E-state index is 11.9. The number of urea groups is 1. The lowest BCUT2D eigenvalue weighted by atomic mass is 10.0. The fourth-order valence-corrected chi connectivity index (χ4v) is 5.88. The summed E-state index contributed by atoms with van der Waals surface area (Å²) < 4.78 is 28.1. The van der Waals surface area contributed by atoms with E-state index < -0.39 is 28.1 Å². The van der Waals surface area contributed by atoms with Crippen LogP contribution >= 0.6 is 11.8 Å². The van der Waals surface area contributed by atoms with E-state index in [1.165, 1.54) is 0 Å². The zero-order valence-electron chi connectivity index (χ0n) is 13.8. The van der Waals surface area contributed by atoms with E-state index in [4.69, 9.17) is 0 Å². The van der Waals surface area contributed by atoms with Crippen molar-refractivity contribution in [3.05, 3.63) is 0 Å². The van der Waals surface area contributed by atoms with Gasteiger partial charge in [0.25, 0.3) is 0 Å². The molecule has 3 atom stereocenters. The third kappa shape index (κ3) is 3.95. The van der Waals surface area contributed by atoms with Crippen LogP contribution in [0.2, 0.25) is 0 Å². The van der Waals surface area contributed by atoms with Crippen LogP contribution in [0.5, 0.6) is 0 Å². The molecule has 144 valence electrons. The van der Waals surface area contributed by atoms with E-state index >= 15 is 0 Å². The molecular weight excluding hydrogens is 386 g/mol. The Morgan fingerprint density at radius 3 is 2.54 bits per heavy atom. The summed E-state index contributed by atoms with van der Waals surface area (Å²) in [6.07, 6.45) is 1.30. The summed E-state index contributed by atoms with van der Waals surface area (Å²) in [4.78, 5) is 45.9. The molecule has 26 heavy (non-hydrogen) atoms. The number of hydrogen-bond acceptors (Lipinski definition) is 8. The number of imide groups is 1. The van der Waals surface area contributed by atoms with E-state index in [-0.39, 0.29) is 46.9 Å². The summed E-state index contributed by atoms with van der Waals surface area (Å²) in [7, 11) is -4.70. The molecule has 10 nitrogen and oxygen atoms in total. The van der Waals surface area contributed by atoms with Crippen LogP contribution in [-0.2, 0) is 28.9 Å². The normalized spacial score (nSPS) is 28.1. The van der Waals surface area contributed by atoms with Crippen LogP contribution < -0.4 is 10.6 Å². The maximum Gasteiger partial charge on any atom is 0.421 e. The number of thioether (sulfide) groups is 1. The first-order valence-corrected chi connectivity index (χ1v) is 10.7. The molecule has 0 saturated carbocycles. The number of fused-ring (bicyclic) bond motifs is 1. The van der Waals surface area contributed by atoms with Gasteiger partial charge in [0.15, 0.2) is 0 Å². The van der Waals surface area contributed by atoms with Crippen LogP contribution in [0.1, 0.15) is 38.5 Å². The van der Waals surface area contributed by atoms with Gasteiger partial charge in [-0.2, -0.15) is 20.2 Å². The molecular formula is C14H19N3O7S2. The van der Waals surface area contributed by atoms with Crippen molar-refractivity contribution in [1.29, 1.82) is 0 Å². The van der Waals surface area contributed by atoms with Crippen LogP contribution in [0, 0.1) is 0 Å². The molecule has 0 radical (unpaired) electrons. The number of nitrogens with zero attached hydrogens (tertiary/aromatic N) is 1. The van der Waals surface area contributed by atoms with Crippen molar-refractivity contribution in [1.82, 2.24) is 14.9 Å². The van der Waals surface area contributed by atoms with Crippen LogP contribution in [-0.4, -0.2) is 59.6 Å². The summed E-state index contributed by atoms with van der Waals surface area (Å²) in [6.45, 7) is 0. The zero-order chi connectivity index (χ0) is 18.9. The van der Waals surface area contributed by atoms with E-state index in [0.29, 0.717) is 12.8 Å². The Hall–Kier alpha value is -1.82. The predicted molar refractivity (Wildman–Crippen MR) is 90.1 cm³/mol. The lowest BCUT2D eigenvalue weighted by molar-refractivity contribution is -0.135. The number of amides is 4. The second-order valence-electron chi connectivity index (χ2n) is 6.33. The topological polar surface area (TPSA) is 139 Å². The first kappa shape index (κ1) is 19.0. The van der Waals surface area contributed by atoms with Gasteiger partial charge in [0.1, 0.15) is 0 Å². The fraction of sp³-hybridized carbons (Fsp3) is 0.714. The van der Waals surface area contributed by atoms with Gasteiger partial charge in [0.05, 0.1) is 12.1 Å². The number of rotatable bonds is 7. The van der Waals surface area contributed by atoms with Gasteiger partial charge in [0.2, 0.25) is 11.8 Å². The molecule has 3 rings (SSSR count). The average molecular weight is 405 g/mol. The molecule has 0 bridgehead atoms. The van der Waals surface area contributed by atoms with Crippen LogP contribution in [0.15, 0.2) is 0 Å². The van der Waals surface area contributed by atoms with E-state index in [1.807, 2.05) is 0 Å². The highest BCUT2D eigenvalue weighted by atomic mass is 32.2. The highest BCUT2D eigenvalue weighted by Crippen LogP contribution is 2.33. The Balaban J connectivity index is 1.40. The minimum atomic E-state index is -4.70. The van der Waals surface area contributed by atoms with Crippen molar-refractivity contribution in [2.24, 2.45) is 0 Å². The van der Waals surface area contributed by atoms with Gasteiger partial charge in [-0.15, -0.1) is 4.31 Å². The lowest BCUT2D eigenvalue weighted by Crippen LogP contribution is -2.38. The van der Waals surface area contributed by atoms with E-state index in [9.17, 15) is 27.6 Å². The fourth-order valence-electron chi connectivity index (χ4n) is 3.26. The molecule has 3 fully saturated rings. The van der Waals surface area contributed by atoms with Gasteiger partial charge in [-0.1, -0.05) is 6.42 Å². The number of carbonyl (C=O) groups excluding carboxylic acids is 4. The van der Waals surface area contributed by atoms with Crippen molar-refractivity contribution in [3.63, 3.8) is 0 Å². The maximum atomic E-state index is 11.9. The summed E-state index contributed by atoms with van der Waals surface area (Å²) >= 11 is 1.75. The molecule has 0 spiro atoms. The number of nitrogens with one attached hydrogen (secondary N) is 2. The molecule has 2 N–H and O–H groups in total. The van der Waals surface area contributed by atoms with Gasteiger partial charge in [0, 0.05) is 30.3 Å². The Morgan fingerprint density at radius 1 is 1.15 bits per heavy atom. The molecule has 3 saturated heterocycles. The smallest absolute Gasteiger partial charge is 0.332 e. The van der Waals surface area contributed by atoms with E-state index in [0.717, 1.165) is 12.2 Å². The van der Waals surface area contributed by atoms with Crippen molar-refractivity contribution in [2.75, 3.05) is 5.75 Å². The quantitative estimate of drug-likeness (QED) is 0.333. The summed E-state index contributed by atoms with van der Waals surface area (Å²) in [6, 6.07) is 0.0419. The average Bonchev–Trinajstić information content (AvgIpc) is 3.18. The van der Waals surface area contributed by atoms with Gasteiger partial charge in [-0.3, -0.25) is 14.4 Å². The van der Waals surface area contributed by atoms with Gasteiger partial charge < -0.3 is 14.8 Å². The molecule has 0 aromatic rings. The Kier molecular flexibility index (Phi) is 5.42. The SMILES string of the molecule is O=C1N[C@H]2[C@H](CS[C@H]2CCCCC(=O)OS(=O)(=O)N2C(=O)CCC2=O)N1. The molecule has 0 aromatic carbocycles. The molecule has 3 aliphatic heterocycles. The Labute approximate surface area is 154 Å². The third-order valence-electron chi connectivity index (χ3n) is 4.49. The minimum absolute atomic E-state index is 0.0238. The first-order chi connectivity index (χ1) is 12.3. The van der Waals surface area contributed by atoms with Crippen LogP contribution in [0.25, 0.3) is 0 Å². The molecule has 0 aromatic heterocycles. The van der Waals surface area contributed by atoms with E-state index in [1.54, 1.807) is 11.8 Å². The molecule has 0 aliphatic carbocycles. The number of unbranched alkanes of at least 4 members (excludes halogenated alkanes) is 1. The largest absolute Gasteiger partial charge is 0.421 e. The van der Waals surface area contributed by atoms with Gasteiger partial charge >= 0.3 is 22.3 Å². The third-order valence-corrected chi connectivity index (χ3v) is 7.24. The highest BCUT2D eigenvalue weighted by molar-refractivity contribution is 8.00. The predicted octanol–water partition coefficient (Wildman–Crippen LogP) is -0.351. The molecule has 4 amide bonds. The molecule has 0 unspecified atom stereocenters. The first-order valence-electron chi connectivity index (χ1n) is 8.30. The van der Waals surface area contributed by atoms with E-state index in [2.05, 4.69) is 14.8 Å². The summed E-state index contributed by atoms with van der Waals surface area (Å²) in [5, 5.41) is 5.97. The van der Waals surface area contributed by atoms with Gasteiger partial charge in [-0.05, 0) is 12.8 Å². The van der Waals surface area contributed by atoms with Crippen molar-refractivity contribution >= 4 is 45.9 Å². The summed E-state index contributed by atoms with van der Waals surface area (Å²) in [5.74, 6) is -1.93. The van der Waals surface area contributed by atoms with Crippen LogP contribution in [0.3, 0.4) is 0 Å². The molecule has 12 heteroatoms. The molecule has 3 heterocycles. The number of hydrogen-bond donors (Lipinski definition) is 2. The standard InChI is InChI=1S/C14H19N3O7S2/c18-10-5-6-11(19)17(10)26(22,23)24-12(20)4-2-1-3-9-13-8(7-25-9)15-14(21)16-13/h8-9,13H,1-7H2,(H2,15,16,21)/t8-,9-,13-/m0/s1. The highest BCUT2D eigenvalue weighted by Gasteiger charge is 2.43. The second-order valence-corrected chi connectivity index (χ2v) is 8.99. The second kappa shape index (κ2) is 7.43. The lowest BCUT2D eigenvalue weighted by Gasteiger charge is -2.16. The molecule has 3 aliphatic rings. The van der Waals surface area contributed by atoms with Crippen molar-refractivity contribution in [2.45, 2.75) is 55.9 Å². The summed E-state index contributed by atoms with van der Waals surface area (Å²) in [5.41, 5.74) is 0.